The number of benzene rings is 1. The van der Waals surface area contributed by atoms with Crippen LogP contribution in [0.3, 0.4) is 0 Å². The summed E-state index contributed by atoms with van der Waals surface area (Å²) in [6.07, 6.45) is -0.291. The number of halogens is 1. The van der Waals surface area contributed by atoms with Gasteiger partial charge in [-0.3, -0.25) is 9.69 Å². The lowest BCUT2D eigenvalue weighted by Crippen LogP contribution is -2.37. The molecule has 0 radical (unpaired) electrons. The van der Waals surface area contributed by atoms with E-state index in [1.807, 2.05) is 39.0 Å². The molecular formula is C17H22ClNO4. The number of rotatable bonds is 2. The Morgan fingerprint density at radius 2 is 1.91 bits per heavy atom. The van der Waals surface area contributed by atoms with Crippen molar-refractivity contribution in [2.75, 3.05) is 6.54 Å². The fraction of sp³-hybridized carbons (Fsp3) is 0.529. The van der Waals surface area contributed by atoms with E-state index in [0.29, 0.717) is 18.0 Å². The van der Waals surface area contributed by atoms with E-state index in [0.717, 1.165) is 5.56 Å². The minimum Gasteiger partial charge on any atom is -0.461 e. The third-order valence-electron chi connectivity index (χ3n) is 3.49. The molecule has 1 amide bonds. The summed E-state index contributed by atoms with van der Waals surface area (Å²) in [5.74, 6) is -0.362. The molecule has 1 saturated heterocycles. The lowest BCUT2D eigenvalue weighted by Gasteiger charge is -2.28. The van der Waals surface area contributed by atoms with Crippen LogP contribution in [0, 0.1) is 0 Å². The molecule has 2 atom stereocenters. The average molecular weight is 340 g/mol. The third kappa shape index (κ3) is 4.61. The van der Waals surface area contributed by atoms with Gasteiger partial charge in [0, 0.05) is 18.4 Å². The highest BCUT2D eigenvalue weighted by molar-refractivity contribution is 6.31. The number of likely N-dealkylation sites (tertiary alicyclic amines) is 1. The molecule has 23 heavy (non-hydrogen) atoms. The molecule has 0 saturated carbocycles. The minimum atomic E-state index is -0.596. The number of hydrogen-bond donors (Lipinski definition) is 0. The van der Waals surface area contributed by atoms with Gasteiger partial charge in [0.2, 0.25) is 0 Å². The number of ether oxygens (including phenoxy) is 2. The topological polar surface area (TPSA) is 55.8 Å². The highest BCUT2D eigenvalue weighted by Crippen LogP contribution is 2.37. The predicted octanol–water partition coefficient (Wildman–Crippen LogP) is 3.95. The highest BCUT2D eigenvalue weighted by Gasteiger charge is 2.40. The Morgan fingerprint density at radius 3 is 2.48 bits per heavy atom. The first-order chi connectivity index (χ1) is 10.7. The Hall–Kier alpha value is -1.75. The Balaban J connectivity index is 2.26. The largest absolute Gasteiger partial charge is 0.461 e. The first-order valence-electron chi connectivity index (χ1n) is 7.58. The lowest BCUT2D eigenvalue weighted by atomic mass is 10.0. The summed E-state index contributed by atoms with van der Waals surface area (Å²) < 4.78 is 10.8. The molecule has 126 valence electrons. The van der Waals surface area contributed by atoms with Gasteiger partial charge < -0.3 is 9.47 Å². The molecule has 2 unspecified atom stereocenters. The summed E-state index contributed by atoms with van der Waals surface area (Å²) in [6.45, 7) is 7.10. The van der Waals surface area contributed by atoms with E-state index in [-0.39, 0.29) is 18.1 Å². The standard InChI is InChI=1S/C17H22ClNO4/c1-11(20)22-12-9-15(13-7-5-6-8-14(13)18)19(10-12)16(21)23-17(2,3)4/h5-8,12,15H,9-10H2,1-4H3. The van der Waals surface area contributed by atoms with Crippen molar-refractivity contribution in [3.05, 3.63) is 34.9 Å². The molecule has 6 heteroatoms. The van der Waals surface area contributed by atoms with Crippen molar-refractivity contribution in [3.63, 3.8) is 0 Å². The fourth-order valence-corrected chi connectivity index (χ4v) is 2.94. The minimum absolute atomic E-state index is 0.275. The zero-order valence-electron chi connectivity index (χ0n) is 13.8. The first kappa shape index (κ1) is 17.6. The van der Waals surface area contributed by atoms with Crippen LogP contribution in [-0.2, 0) is 14.3 Å². The lowest BCUT2D eigenvalue weighted by molar-refractivity contribution is -0.145. The summed E-state index contributed by atoms with van der Waals surface area (Å²) in [5, 5.41) is 0.578. The van der Waals surface area contributed by atoms with Gasteiger partial charge in [0.25, 0.3) is 0 Å². The maximum Gasteiger partial charge on any atom is 0.410 e. The molecule has 1 aromatic carbocycles. The van der Waals surface area contributed by atoms with Crippen molar-refractivity contribution in [3.8, 4) is 0 Å². The molecule has 5 nitrogen and oxygen atoms in total. The maximum absolute atomic E-state index is 12.5. The Labute approximate surface area is 141 Å². The maximum atomic E-state index is 12.5. The summed E-state index contributed by atoms with van der Waals surface area (Å²) in [7, 11) is 0. The van der Waals surface area contributed by atoms with Crippen LogP contribution in [0.15, 0.2) is 24.3 Å². The van der Waals surface area contributed by atoms with Gasteiger partial charge in [0.05, 0.1) is 12.6 Å². The van der Waals surface area contributed by atoms with E-state index < -0.39 is 11.7 Å². The van der Waals surface area contributed by atoms with E-state index in [1.54, 1.807) is 11.0 Å². The van der Waals surface area contributed by atoms with Crippen molar-refractivity contribution < 1.29 is 19.1 Å². The summed E-state index contributed by atoms with van der Waals surface area (Å²) in [5.41, 5.74) is 0.233. The van der Waals surface area contributed by atoms with Crippen LogP contribution < -0.4 is 0 Å². The Morgan fingerprint density at radius 1 is 1.26 bits per heavy atom. The predicted molar refractivity (Wildman–Crippen MR) is 87.3 cm³/mol. The first-order valence-corrected chi connectivity index (χ1v) is 7.96. The molecule has 1 fully saturated rings. The quantitative estimate of drug-likeness (QED) is 0.765. The molecule has 2 rings (SSSR count). The normalized spacial score (nSPS) is 21.2. The molecule has 0 bridgehead atoms. The van der Waals surface area contributed by atoms with Gasteiger partial charge in [-0.15, -0.1) is 0 Å². The van der Waals surface area contributed by atoms with Gasteiger partial charge in [-0.2, -0.15) is 0 Å². The summed E-state index contributed by atoms with van der Waals surface area (Å²) in [6, 6.07) is 7.09. The van der Waals surface area contributed by atoms with Crippen LogP contribution in [0.4, 0.5) is 4.79 Å². The number of nitrogens with zero attached hydrogens (tertiary/aromatic N) is 1. The highest BCUT2D eigenvalue weighted by atomic mass is 35.5. The van der Waals surface area contributed by atoms with E-state index in [9.17, 15) is 9.59 Å². The molecule has 0 N–H and O–H groups in total. The van der Waals surface area contributed by atoms with Crippen LogP contribution in [0.2, 0.25) is 5.02 Å². The van der Waals surface area contributed by atoms with Crippen molar-refractivity contribution in [2.24, 2.45) is 0 Å². The van der Waals surface area contributed by atoms with E-state index in [1.165, 1.54) is 6.92 Å². The monoisotopic (exact) mass is 339 g/mol. The van der Waals surface area contributed by atoms with Crippen molar-refractivity contribution >= 4 is 23.7 Å². The van der Waals surface area contributed by atoms with Crippen LogP contribution in [0.5, 0.6) is 0 Å². The van der Waals surface area contributed by atoms with Gasteiger partial charge in [-0.05, 0) is 32.4 Å². The van der Waals surface area contributed by atoms with Gasteiger partial charge in [-0.25, -0.2) is 4.79 Å². The van der Waals surface area contributed by atoms with Crippen molar-refractivity contribution in [1.29, 1.82) is 0 Å². The second-order valence-electron chi connectivity index (χ2n) is 6.64. The zero-order valence-corrected chi connectivity index (χ0v) is 14.6. The second-order valence-corrected chi connectivity index (χ2v) is 7.04. The number of hydrogen-bond acceptors (Lipinski definition) is 4. The molecule has 1 aromatic rings. The SMILES string of the molecule is CC(=O)OC1CC(c2ccccc2Cl)N(C(=O)OC(C)(C)C)C1. The zero-order chi connectivity index (χ0) is 17.2. The Kier molecular flexibility index (Phi) is 5.19. The smallest absolute Gasteiger partial charge is 0.410 e. The molecular weight excluding hydrogens is 318 g/mol. The van der Waals surface area contributed by atoms with Gasteiger partial charge in [-0.1, -0.05) is 29.8 Å². The molecule has 0 aromatic heterocycles. The van der Waals surface area contributed by atoms with Gasteiger partial charge in [0.15, 0.2) is 0 Å². The van der Waals surface area contributed by atoms with Crippen molar-refractivity contribution in [2.45, 2.75) is 51.9 Å². The van der Waals surface area contributed by atoms with E-state index in [2.05, 4.69) is 0 Å². The summed E-state index contributed by atoms with van der Waals surface area (Å²) >= 11 is 6.27. The van der Waals surface area contributed by atoms with Crippen LogP contribution in [0.25, 0.3) is 0 Å². The Bertz CT molecular complexity index is 597. The van der Waals surface area contributed by atoms with Crippen molar-refractivity contribution in [1.82, 2.24) is 4.90 Å². The van der Waals surface area contributed by atoms with Crippen LogP contribution >= 0.6 is 11.6 Å². The van der Waals surface area contributed by atoms with Gasteiger partial charge in [0.1, 0.15) is 11.7 Å². The third-order valence-corrected chi connectivity index (χ3v) is 3.83. The van der Waals surface area contributed by atoms with E-state index >= 15 is 0 Å². The molecule has 1 aliphatic rings. The van der Waals surface area contributed by atoms with Crippen LogP contribution in [-0.4, -0.2) is 35.2 Å². The second kappa shape index (κ2) is 6.79. The summed E-state index contributed by atoms with van der Waals surface area (Å²) in [4.78, 5) is 25.3. The van der Waals surface area contributed by atoms with Gasteiger partial charge >= 0.3 is 12.1 Å². The number of carbonyl (C=O) groups is 2. The number of amides is 1. The fourth-order valence-electron chi connectivity index (χ4n) is 2.68. The average Bonchev–Trinajstić information content (AvgIpc) is 2.80. The van der Waals surface area contributed by atoms with E-state index in [4.69, 9.17) is 21.1 Å². The number of esters is 1. The number of carbonyl (C=O) groups excluding carboxylic acids is 2. The molecule has 0 spiro atoms. The molecule has 1 aliphatic heterocycles. The molecule has 1 heterocycles. The van der Waals surface area contributed by atoms with Crippen LogP contribution in [0.1, 0.15) is 45.7 Å². The molecule has 0 aliphatic carbocycles.